The van der Waals surface area contributed by atoms with E-state index in [-0.39, 0.29) is 12.5 Å². The lowest BCUT2D eigenvalue weighted by Gasteiger charge is -2.11. The second-order valence-corrected chi connectivity index (χ2v) is 6.24. The van der Waals surface area contributed by atoms with Crippen LogP contribution in [0.2, 0.25) is 0 Å². The van der Waals surface area contributed by atoms with Crippen molar-refractivity contribution in [1.82, 2.24) is 9.99 Å². The SMILES string of the molecule is Cc1ccc(OCC(=O)n2c(C)c(C(=O)NN)c3ccccc32)c(C)c1. The number of carbonyl (C=O) groups excluding carboxylic acids is 2. The smallest absolute Gasteiger partial charge is 0.269 e. The molecule has 0 saturated carbocycles. The number of hydrogen-bond acceptors (Lipinski definition) is 4. The normalized spacial score (nSPS) is 10.8. The number of fused-ring (bicyclic) bond motifs is 1. The summed E-state index contributed by atoms with van der Waals surface area (Å²) in [6, 6.07) is 13.0. The summed E-state index contributed by atoms with van der Waals surface area (Å²) in [4.78, 5) is 25.0. The van der Waals surface area contributed by atoms with Gasteiger partial charge in [0.25, 0.3) is 11.8 Å². The highest BCUT2D eigenvalue weighted by atomic mass is 16.5. The Morgan fingerprint density at radius 2 is 1.85 bits per heavy atom. The van der Waals surface area contributed by atoms with Crippen molar-refractivity contribution in [3.63, 3.8) is 0 Å². The maximum atomic E-state index is 12.8. The third kappa shape index (κ3) is 3.07. The molecule has 26 heavy (non-hydrogen) atoms. The Balaban J connectivity index is 1.96. The summed E-state index contributed by atoms with van der Waals surface area (Å²) in [6.45, 7) is 5.53. The Morgan fingerprint density at radius 1 is 1.12 bits per heavy atom. The molecule has 1 aromatic heterocycles. The quantitative estimate of drug-likeness (QED) is 0.430. The highest BCUT2D eigenvalue weighted by Crippen LogP contribution is 2.26. The summed E-state index contributed by atoms with van der Waals surface area (Å²) in [5.74, 6) is 5.27. The van der Waals surface area contributed by atoms with Crippen molar-refractivity contribution in [3.05, 3.63) is 64.8 Å². The molecular weight excluding hydrogens is 330 g/mol. The van der Waals surface area contributed by atoms with Crippen molar-refractivity contribution in [2.24, 2.45) is 5.84 Å². The molecule has 3 N–H and O–H groups in total. The van der Waals surface area contributed by atoms with E-state index >= 15 is 0 Å². The molecule has 3 rings (SSSR count). The molecule has 134 valence electrons. The molecule has 0 fully saturated rings. The van der Waals surface area contributed by atoms with Crippen molar-refractivity contribution in [2.45, 2.75) is 20.8 Å². The van der Waals surface area contributed by atoms with E-state index in [9.17, 15) is 9.59 Å². The van der Waals surface area contributed by atoms with Crippen molar-refractivity contribution in [2.75, 3.05) is 6.61 Å². The van der Waals surface area contributed by atoms with E-state index in [0.29, 0.717) is 27.9 Å². The van der Waals surface area contributed by atoms with Crippen LogP contribution in [0.25, 0.3) is 10.9 Å². The molecule has 2 aromatic carbocycles. The van der Waals surface area contributed by atoms with Crippen LogP contribution < -0.4 is 16.0 Å². The molecule has 0 aliphatic carbocycles. The number of hydrogen-bond donors (Lipinski definition) is 2. The van der Waals surface area contributed by atoms with Crippen LogP contribution in [0.1, 0.15) is 32.0 Å². The van der Waals surface area contributed by atoms with Gasteiger partial charge in [-0.25, -0.2) is 5.84 Å². The van der Waals surface area contributed by atoms with Crippen LogP contribution in [-0.2, 0) is 0 Å². The molecule has 0 aliphatic heterocycles. The predicted molar refractivity (Wildman–Crippen MR) is 100 cm³/mol. The Labute approximate surface area is 151 Å². The molecule has 3 aromatic rings. The molecule has 0 saturated heterocycles. The highest BCUT2D eigenvalue weighted by molar-refractivity contribution is 6.10. The van der Waals surface area contributed by atoms with Gasteiger partial charge in [-0.15, -0.1) is 0 Å². The molecule has 0 radical (unpaired) electrons. The van der Waals surface area contributed by atoms with Gasteiger partial charge in [-0.05, 0) is 38.5 Å². The molecule has 1 heterocycles. The first kappa shape index (κ1) is 17.7. The number of amides is 1. The number of nitrogens with one attached hydrogen (secondary N) is 1. The van der Waals surface area contributed by atoms with Gasteiger partial charge in [0.05, 0.1) is 11.1 Å². The fourth-order valence-corrected chi connectivity index (χ4v) is 3.21. The van der Waals surface area contributed by atoms with Gasteiger partial charge in [0.2, 0.25) is 0 Å². The maximum absolute atomic E-state index is 12.8. The Hall–Kier alpha value is -3.12. The van der Waals surface area contributed by atoms with Gasteiger partial charge in [-0.2, -0.15) is 0 Å². The Kier molecular flexibility index (Phi) is 4.77. The van der Waals surface area contributed by atoms with E-state index in [1.54, 1.807) is 19.1 Å². The van der Waals surface area contributed by atoms with Crippen LogP contribution in [0.5, 0.6) is 5.75 Å². The van der Waals surface area contributed by atoms with Crippen molar-refractivity contribution in [3.8, 4) is 5.75 Å². The number of nitrogens with two attached hydrogens (primary N) is 1. The highest BCUT2D eigenvalue weighted by Gasteiger charge is 2.22. The number of nitrogens with zero attached hydrogens (tertiary/aromatic N) is 1. The topological polar surface area (TPSA) is 86.3 Å². The fourth-order valence-electron chi connectivity index (χ4n) is 3.21. The van der Waals surface area contributed by atoms with Gasteiger partial charge in [0.1, 0.15) is 5.75 Å². The Bertz CT molecular complexity index is 1000. The van der Waals surface area contributed by atoms with E-state index in [4.69, 9.17) is 10.6 Å². The van der Waals surface area contributed by atoms with Gasteiger partial charge in [0.15, 0.2) is 6.61 Å². The monoisotopic (exact) mass is 351 g/mol. The second kappa shape index (κ2) is 7.01. The minimum absolute atomic E-state index is 0.132. The first-order valence-corrected chi connectivity index (χ1v) is 8.28. The van der Waals surface area contributed by atoms with Crippen LogP contribution in [-0.4, -0.2) is 23.0 Å². The summed E-state index contributed by atoms with van der Waals surface area (Å²) in [5, 5.41) is 0.674. The average Bonchev–Trinajstić information content (AvgIpc) is 2.92. The summed E-state index contributed by atoms with van der Waals surface area (Å²) in [6.07, 6.45) is 0. The van der Waals surface area contributed by atoms with E-state index < -0.39 is 5.91 Å². The third-order valence-electron chi connectivity index (χ3n) is 4.40. The first-order valence-electron chi connectivity index (χ1n) is 8.28. The van der Waals surface area contributed by atoms with Crippen LogP contribution >= 0.6 is 0 Å². The molecule has 0 atom stereocenters. The van der Waals surface area contributed by atoms with Gasteiger partial charge in [-0.3, -0.25) is 19.6 Å². The summed E-state index contributed by atoms with van der Waals surface area (Å²) in [5.41, 5.74) is 5.81. The standard InChI is InChI=1S/C20H21N3O3/c1-12-8-9-17(13(2)10-12)26-11-18(24)23-14(3)19(20(25)22-21)15-6-4-5-7-16(15)23/h4-10H,11,21H2,1-3H3,(H,22,25). The van der Waals surface area contributed by atoms with Crippen molar-refractivity contribution >= 4 is 22.7 Å². The van der Waals surface area contributed by atoms with Crippen molar-refractivity contribution in [1.29, 1.82) is 0 Å². The lowest BCUT2D eigenvalue weighted by Crippen LogP contribution is -2.30. The van der Waals surface area contributed by atoms with E-state index in [1.165, 1.54) is 4.57 Å². The van der Waals surface area contributed by atoms with Crippen LogP contribution in [0, 0.1) is 20.8 Å². The number of hydrazine groups is 1. The minimum atomic E-state index is -0.430. The Morgan fingerprint density at radius 3 is 2.54 bits per heavy atom. The van der Waals surface area contributed by atoms with Gasteiger partial charge in [0, 0.05) is 11.1 Å². The number of ether oxygens (including phenoxy) is 1. The van der Waals surface area contributed by atoms with Crippen molar-refractivity contribution < 1.29 is 14.3 Å². The van der Waals surface area contributed by atoms with Crippen LogP contribution in [0.15, 0.2) is 42.5 Å². The van der Waals surface area contributed by atoms with Gasteiger partial charge in [-0.1, -0.05) is 35.9 Å². The number of para-hydroxylation sites is 1. The summed E-state index contributed by atoms with van der Waals surface area (Å²) < 4.78 is 7.22. The number of nitrogen functional groups attached to an aromatic ring is 1. The molecule has 6 nitrogen and oxygen atoms in total. The molecule has 6 heteroatoms. The van der Waals surface area contributed by atoms with Gasteiger partial charge >= 0.3 is 0 Å². The summed E-state index contributed by atoms with van der Waals surface area (Å²) in [7, 11) is 0. The van der Waals surface area contributed by atoms with E-state index in [1.807, 2.05) is 44.2 Å². The zero-order valence-electron chi connectivity index (χ0n) is 15.0. The lowest BCUT2D eigenvalue weighted by molar-refractivity contribution is 0.0840. The van der Waals surface area contributed by atoms with Crippen LogP contribution in [0.3, 0.4) is 0 Å². The number of benzene rings is 2. The summed E-state index contributed by atoms with van der Waals surface area (Å²) >= 11 is 0. The predicted octanol–water partition coefficient (Wildman–Crippen LogP) is 2.89. The minimum Gasteiger partial charge on any atom is -0.483 e. The number of carbonyl (C=O) groups is 2. The maximum Gasteiger partial charge on any atom is 0.269 e. The molecule has 0 bridgehead atoms. The van der Waals surface area contributed by atoms with E-state index in [0.717, 1.165) is 11.1 Å². The lowest BCUT2D eigenvalue weighted by atomic mass is 10.1. The second-order valence-electron chi connectivity index (χ2n) is 6.24. The zero-order chi connectivity index (χ0) is 18.8. The molecule has 0 spiro atoms. The van der Waals surface area contributed by atoms with Crippen LogP contribution in [0.4, 0.5) is 0 Å². The van der Waals surface area contributed by atoms with E-state index in [2.05, 4.69) is 5.43 Å². The zero-order valence-corrected chi connectivity index (χ0v) is 15.0. The fraction of sp³-hybridized carbons (Fsp3) is 0.200. The largest absolute Gasteiger partial charge is 0.483 e. The number of aryl methyl sites for hydroxylation is 2. The number of rotatable bonds is 4. The third-order valence-corrected chi connectivity index (χ3v) is 4.40. The number of aromatic nitrogens is 1. The molecular formula is C20H21N3O3. The average molecular weight is 351 g/mol. The first-order chi connectivity index (χ1) is 12.4. The van der Waals surface area contributed by atoms with Gasteiger partial charge < -0.3 is 4.74 Å². The molecule has 1 amide bonds. The molecule has 0 unspecified atom stereocenters. The molecule has 0 aliphatic rings.